The van der Waals surface area contributed by atoms with Crippen LogP contribution in [0.15, 0.2) is 41.2 Å². The van der Waals surface area contributed by atoms with E-state index in [-0.39, 0.29) is 11.6 Å². The molecule has 136 valence electrons. The molecule has 0 saturated heterocycles. The molecular formula is C18H20N4O4. The number of aromatic amines is 2. The van der Waals surface area contributed by atoms with Gasteiger partial charge in [-0.2, -0.15) is 0 Å². The van der Waals surface area contributed by atoms with E-state index in [4.69, 9.17) is 9.47 Å². The standard InChI is InChI=1S/C18H20N4O4/c1-10(19-14-7-5-12(25-2)9-16(14)26-3)17(23)20-11-4-6-13-15(8-11)22-18(24)21-13/h4-10,19H,1-3H3,(H,20,23)(H2,21,22,24). The molecule has 1 heterocycles. The third kappa shape index (κ3) is 3.64. The van der Waals surface area contributed by atoms with E-state index in [0.29, 0.717) is 33.9 Å². The molecule has 1 aromatic heterocycles. The highest BCUT2D eigenvalue weighted by Crippen LogP contribution is 2.29. The number of aromatic nitrogens is 2. The quantitative estimate of drug-likeness (QED) is 0.542. The molecule has 0 fully saturated rings. The van der Waals surface area contributed by atoms with Crippen molar-refractivity contribution in [2.45, 2.75) is 13.0 Å². The van der Waals surface area contributed by atoms with Crippen molar-refractivity contribution >= 4 is 28.3 Å². The molecule has 0 aliphatic rings. The van der Waals surface area contributed by atoms with Gasteiger partial charge < -0.3 is 30.1 Å². The molecule has 3 rings (SSSR count). The van der Waals surface area contributed by atoms with E-state index < -0.39 is 6.04 Å². The Kier molecular flexibility index (Phi) is 4.83. The van der Waals surface area contributed by atoms with Crippen LogP contribution in [0.2, 0.25) is 0 Å². The zero-order valence-electron chi connectivity index (χ0n) is 14.7. The topological polar surface area (TPSA) is 108 Å². The number of rotatable bonds is 6. The molecule has 1 unspecified atom stereocenters. The van der Waals surface area contributed by atoms with Crippen molar-refractivity contribution in [3.05, 3.63) is 46.9 Å². The summed E-state index contributed by atoms with van der Waals surface area (Å²) in [6.45, 7) is 1.75. The fourth-order valence-corrected chi connectivity index (χ4v) is 2.58. The van der Waals surface area contributed by atoms with Crippen molar-refractivity contribution in [1.29, 1.82) is 0 Å². The van der Waals surface area contributed by atoms with Crippen molar-refractivity contribution in [2.24, 2.45) is 0 Å². The third-order valence-corrected chi connectivity index (χ3v) is 3.96. The van der Waals surface area contributed by atoms with Gasteiger partial charge >= 0.3 is 5.69 Å². The first kappa shape index (κ1) is 17.4. The van der Waals surface area contributed by atoms with E-state index in [9.17, 15) is 9.59 Å². The van der Waals surface area contributed by atoms with Crippen molar-refractivity contribution in [1.82, 2.24) is 9.97 Å². The summed E-state index contributed by atoms with van der Waals surface area (Å²) in [5.74, 6) is 1.02. The van der Waals surface area contributed by atoms with Gasteiger partial charge in [0, 0.05) is 11.8 Å². The average molecular weight is 356 g/mol. The Morgan fingerprint density at radius 3 is 2.54 bits per heavy atom. The number of H-pyrrole nitrogens is 2. The third-order valence-electron chi connectivity index (χ3n) is 3.96. The lowest BCUT2D eigenvalue weighted by atomic mass is 10.2. The number of methoxy groups -OCH3 is 2. The molecule has 26 heavy (non-hydrogen) atoms. The smallest absolute Gasteiger partial charge is 0.323 e. The first-order valence-corrected chi connectivity index (χ1v) is 8.01. The first-order valence-electron chi connectivity index (χ1n) is 8.01. The zero-order chi connectivity index (χ0) is 18.7. The Morgan fingerprint density at radius 1 is 1.04 bits per heavy atom. The van der Waals surface area contributed by atoms with Crippen LogP contribution in [0.1, 0.15) is 6.92 Å². The summed E-state index contributed by atoms with van der Waals surface area (Å²) >= 11 is 0. The molecule has 0 bridgehead atoms. The van der Waals surface area contributed by atoms with Crippen LogP contribution in [0.3, 0.4) is 0 Å². The van der Waals surface area contributed by atoms with E-state index in [2.05, 4.69) is 20.6 Å². The van der Waals surface area contributed by atoms with Gasteiger partial charge in [-0.1, -0.05) is 0 Å². The minimum absolute atomic E-state index is 0.222. The summed E-state index contributed by atoms with van der Waals surface area (Å²) < 4.78 is 10.5. The number of anilines is 2. The van der Waals surface area contributed by atoms with Crippen LogP contribution in [0, 0.1) is 0 Å². The molecule has 1 amide bonds. The van der Waals surface area contributed by atoms with E-state index >= 15 is 0 Å². The van der Waals surface area contributed by atoms with E-state index in [1.54, 1.807) is 57.5 Å². The lowest BCUT2D eigenvalue weighted by Gasteiger charge is -2.18. The van der Waals surface area contributed by atoms with Crippen molar-refractivity contribution in [3.63, 3.8) is 0 Å². The number of amides is 1. The summed E-state index contributed by atoms with van der Waals surface area (Å²) in [6.07, 6.45) is 0. The number of carbonyl (C=O) groups is 1. The maximum absolute atomic E-state index is 12.5. The van der Waals surface area contributed by atoms with Crippen molar-refractivity contribution in [3.8, 4) is 11.5 Å². The second-order valence-electron chi connectivity index (χ2n) is 5.76. The van der Waals surface area contributed by atoms with E-state index in [1.165, 1.54) is 0 Å². The molecule has 0 aliphatic heterocycles. The summed E-state index contributed by atoms with van der Waals surface area (Å²) in [5, 5.41) is 5.94. The average Bonchev–Trinajstić information content (AvgIpc) is 3.01. The predicted molar refractivity (Wildman–Crippen MR) is 100 cm³/mol. The molecule has 0 spiro atoms. The fraction of sp³-hybridized carbons (Fsp3) is 0.222. The number of benzene rings is 2. The van der Waals surface area contributed by atoms with Gasteiger partial charge in [0.15, 0.2) is 0 Å². The SMILES string of the molecule is COc1ccc(NC(C)C(=O)Nc2ccc3[nH]c(=O)[nH]c3c2)c(OC)c1. The minimum Gasteiger partial charge on any atom is -0.497 e. The molecule has 0 saturated carbocycles. The monoisotopic (exact) mass is 356 g/mol. The van der Waals surface area contributed by atoms with E-state index in [0.717, 1.165) is 0 Å². The summed E-state index contributed by atoms with van der Waals surface area (Å²) in [4.78, 5) is 29.1. The normalized spacial score (nSPS) is 11.8. The van der Waals surface area contributed by atoms with Crippen LogP contribution in [-0.4, -0.2) is 36.1 Å². The molecule has 3 aromatic rings. The highest BCUT2D eigenvalue weighted by atomic mass is 16.5. The van der Waals surface area contributed by atoms with Gasteiger partial charge in [-0.25, -0.2) is 4.79 Å². The van der Waals surface area contributed by atoms with Crippen LogP contribution in [0.4, 0.5) is 11.4 Å². The molecule has 2 aromatic carbocycles. The molecular weight excluding hydrogens is 336 g/mol. The van der Waals surface area contributed by atoms with Gasteiger partial charge in [0.1, 0.15) is 17.5 Å². The van der Waals surface area contributed by atoms with Gasteiger partial charge in [-0.05, 0) is 37.3 Å². The van der Waals surface area contributed by atoms with Crippen LogP contribution in [-0.2, 0) is 4.79 Å². The van der Waals surface area contributed by atoms with E-state index in [1.807, 2.05) is 0 Å². The summed E-state index contributed by atoms with van der Waals surface area (Å²) in [5.41, 5.74) is 2.30. The molecule has 1 atom stereocenters. The van der Waals surface area contributed by atoms with Crippen LogP contribution in [0.5, 0.6) is 11.5 Å². The molecule has 0 aliphatic carbocycles. The second kappa shape index (κ2) is 7.22. The van der Waals surface area contributed by atoms with Crippen LogP contribution >= 0.6 is 0 Å². The summed E-state index contributed by atoms with van der Waals surface area (Å²) in [7, 11) is 3.13. The molecule has 8 nitrogen and oxygen atoms in total. The highest BCUT2D eigenvalue weighted by molar-refractivity contribution is 5.97. The Labute approximate surface area is 149 Å². The first-order chi connectivity index (χ1) is 12.5. The van der Waals surface area contributed by atoms with Gasteiger partial charge in [-0.15, -0.1) is 0 Å². The lowest BCUT2D eigenvalue weighted by Crippen LogP contribution is -2.32. The van der Waals surface area contributed by atoms with Gasteiger partial charge in [0.2, 0.25) is 5.91 Å². The maximum Gasteiger partial charge on any atom is 0.323 e. The Balaban J connectivity index is 1.71. The van der Waals surface area contributed by atoms with Crippen LogP contribution < -0.4 is 25.8 Å². The van der Waals surface area contributed by atoms with Gasteiger partial charge in [0.05, 0.1) is 30.9 Å². The van der Waals surface area contributed by atoms with Crippen LogP contribution in [0.25, 0.3) is 11.0 Å². The number of ether oxygens (including phenoxy) is 2. The molecule has 4 N–H and O–H groups in total. The number of carbonyl (C=O) groups excluding carboxylic acids is 1. The number of fused-ring (bicyclic) bond motifs is 1. The predicted octanol–water partition coefficient (Wildman–Crippen LogP) is 2.31. The number of nitrogens with one attached hydrogen (secondary N) is 4. The second-order valence-corrected chi connectivity index (χ2v) is 5.76. The van der Waals surface area contributed by atoms with Gasteiger partial charge in [-0.3, -0.25) is 4.79 Å². The van der Waals surface area contributed by atoms with Crippen molar-refractivity contribution in [2.75, 3.05) is 24.9 Å². The molecule has 8 heteroatoms. The fourth-order valence-electron chi connectivity index (χ4n) is 2.58. The Morgan fingerprint density at radius 2 is 1.81 bits per heavy atom. The molecule has 0 radical (unpaired) electrons. The zero-order valence-corrected chi connectivity index (χ0v) is 14.7. The Hall–Kier alpha value is -3.42. The maximum atomic E-state index is 12.5. The number of hydrogen-bond donors (Lipinski definition) is 4. The number of hydrogen-bond acceptors (Lipinski definition) is 5. The minimum atomic E-state index is -0.515. The highest BCUT2D eigenvalue weighted by Gasteiger charge is 2.16. The van der Waals surface area contributed by atoms with Crippen molar-refractivity contribution < 1.29 is 14.3 Å². The largest absolute Gasteiger partial charge is 0.497 e. The Bertz CT molecular complexity index is 992. The lowest BCUT2D eigenvalue weighted by molar-refractivity contribution is -0.116. The van der Waals surface area contributed by atoms with Gasteiger partial charge in [0.25, 0.3) is 0 Å². The summed E-state index contributed by atoms with van der Waals surface area (Å²) in [6, 6.07) is 9.95. The number of imidazole rings is 1.